The number of pyridine rings is 1. The van der Waals surface area contributed by atoms with E-state index in [0.29, 0.717) is 0 Å². The molecular weight excluding hydrogens is 220 g/mol. The molecule has 0 saturated carbocycles. The Morgan fingerprint density at radius 3 is 2.65 bits per heavy atom. The van der Waals surface area contributed by atoms with Gasteiger partial charge in [0.15, 0.2) is 0 Å². The number of carbonyl (C=O) groups is 2. The summed E-state index contributed by atoms with van der Waals surface area (Å²) in [5.74, 6) is -1.39. The Labute approximate surface area is 99.2 Å². The Hall–Kier alpha value is -2.17. The van der Waals surface area contributed by atoms with Crippen molar-refractivity contribution < 1.29 is 14.7 Å². The number of aromatic nitrogens is 1. The van der Waals surface area contributed by atoms with Crippen LogP contribution >= 0.6 is 0 Å². The highest BCUT2D eigenvalue weighted by Gasteiger charge is 2.17. The highest BCUT2D eigenvalue weighted by atomic mass is 16.4. The fourth-order valence-electron chi connectivity index (χ4n) is 1.32. The number of hydrogen-bond acceptors (Lipinski definition) is 3. The molecule has 0 spiro atoms. The van der Waals surface area contributed by atoms with Crippen LogP contribution in [0.5, 0.6) is 0 Å². The first-order valence-corrected chi connectivity index (χ1v) is 5.15. The van der Waals surface area contributed by atoms with Gasteiger partial charge in [-0.05, 0) is 24.1 Å². The first-order valence-electron chi connectivity index (χ1n) is 5.15. The Balaban J connectivity index is 2.53. The first kappa shape index (κ1) is 12.9. The molecule has 5 heteroatoms. The Kier molecular flexibility index (Phi) is 4.87. The van der Waals surface area contributed by atoms with E-state index in [1.807, 2.05) is 0 Å². The van der Waals surface area contributed by atoms with E-state index in [0.717, 1.165) is 5.56 Å². The number of amides is 1. The van der Waals surface area contributed by atoms with Crippen molar-refractivity contribution in [1.82, 2.24) is 10.3 Å². The van der Waals surface area contributed by atoms with E-state index < -0.39 is 12.0 Å². The van der Waals surface area contributed by atoms with Gasteiger partial charge in [-0.3, -0.25) is 9.78 Å². The molecule has 0 fully saturated rings. The molecule has 1 rings (SSSR count). The molecule has 2 N–H and O–H groups in total. The summed E-state index contributed by atoms with van der Waals surface area (Å²) in [6, 6.07) is 2.51. The molecule has 1 unspecified atom stereocenters. The lowest BCUT2D eigenvalue weighted by Crippen LogP contribution is -2.41. The molecule has 0 aliphatic heterocycles. The lowest BCUT2D eigenvalue weighted by Gasteiger charge is -2.12. The van der Waals surface area contributed by atoms with Crippen molar-refractivity contribution in [1.29, 1.82) is 0 Å². The summed E-state index contributed by atoms with van der Waals surface area (Å²) < 4.78 is 0. The number of hydrogen-bond donors (Lipinski definition) is 2. The molecule has 1 amide bonds. The van der Waals surface area contributed by atoms with E-state index in [2.05, 4.69) is 16.9 Å². The van der Waals surface area contributed by atoms with Gasteiger partial charge in [0, 0.05) is 12.4 Å². The molecule has 5 nitrogen and oxygen atoms in total. The second-order valence-electron chi connectivity index (χ2n) is 3.51. The van der Waals surface area contributed by atoms with Crippen LogP contribution in [0, 0.1) is 0 Å². The van der Waals surface area contributed by atoms with Crippen LogP contribution < -0.4 is 5.32 Å². The highest BCUT2D eigenvalue weighted by Crippen LogP contribution is 1.99. The molecule has 1 aromatic rings. The van der Waals surface area contributed by atoms with Gasteiger partial charge in [0.1, 0.15) is 6.04 Å². The quantitative estimate of drug-likeness (QED) is 0.712. The van der Waals surface area contributed by atoms with Gasteiger partial charge >= 0.3 is 5.97 Å². The smallest absolute Gasteiger partial charge is 0.326 e. The van der Waals surface area contributed by atoms with Crippen LogP contribution in [0.1, 0.15) is 12.0 Å². The number of carbonyl (C=O) groups excluding carboxylic acids is 1. The van der Waals surface area contributed by atoms with Gasteiger partial charge in [-0.1, -0.05) is 6.08 Å². The van der Waals surface area contributed by atoms with E-state index in [1.54, 1.807) is 24.5 Å². The molecule has 0 aliphatic carbocycles. The molecule has 0 bridgehead atoms. The average Bonchev–Trinajstić information content (AvgIpc) is 2.29. The maximum atomic E-state index is 11.6. The fraction of sp³-hybridized carbons (Fsp3) is 0.250. The van der Waals surface area contributed by atoms with Crippen molar-refractivity contribution >= 4 is 11.9 Å². The molecule has 17 heavy (non-hydrogen) atoms. The van der Waals surface area contributed by atoms with E-state index in [-0.39, 0.29) is 18.7 Å². The summed E-state index contributed by atoms with van der Waals surface area (Å²) in [4.78, 5) is 26.2. The van der Waals surface area contributed by atoms with Crippen LogP contribution in [0.3, 0.4) is 0 Å². The van der Waals surface area contributed by atoms with Crippen molar-refractivity contribution in [2.24, 2.45) is 0 Å². The van der Waals surface area contributed by atoms with Crippen LogP contribution in [0.4, 0.5) is 0 Å². The largest absolute Gasteiger partial charge is 0.480 e. The summed E-state index contributed by atoms with van der Waals surface area (Å²) in [5.41, 5.74) is 0.792. The number of carboxylic acids is 1. The van der Waals surface area contributed by atoms with E-state index in [4.69, 9.17) is 5.11 Å². The third kappa shape index (κ3) is 4.46. The number of carboxylic acid groups (broad SMARTS) is 1. The molecule has 0 aliphatic rings. The van der Waals surface area contributed by atoms with Gasteiger partial charge in [-0.2, -0.15) is 0 Å². The van der Waals surface area contributed by atoms with Crippen molar-refractivity contribution in [2.75, 3.05) is 0 Å². The Morgan fingerprint density at radius 2 is 2.12 bits per heavy atom. The van der Waals surface area contributed by atoms with Crippen molar-refractivity contribution in [3.8, 4) is 0 Å². The summed E-state index contributed by atoms with van der Waals surface area (Å²) in [7, 11) is 0. The molecule has 1 aromatic heterocycles. The standard InChI is InChI=1S/C12H14N2O3/c1-2-3-10(12(16)17)14-11(15)8-9-4-6-13-7-5-9/h2,4-7,10H,1,3,8H2,(H,14,15)(H,16,17). The number of rotatable bonds is 6. The number of aliphatic carboxylic acids is 1. The maximum Gasteiger partial charge on any atom is 0.326 e. The molecule has 1 atom stereocenters. The molecule has 0 radical (unpaired) electrons. The minimum Gasteiger partial charge on any atom is -0.480 e. The summed E-state index contributed by atoms with van der Waals surface area (Å²) in [6.07, 6.45) is 4.98. The van der Waals surface area contributed by atoms with E-state index in [9.17, 15) is 9.59 Å². The average molecular weight is 234 g/mol. The minimum atomic E-state index is -1.06. The second kappa shape index (κ2) is 6.42. The summed E-state index contributed by atoms with van der Waals surface area (Å²) >= 11 is 0. The summed E-state index contributed by atoms with van der Waals surface area (Å²) in [6.45, 7) is 3.45. The lowest BCUT2D eigenvalue weighted by atomic mass is 10.1. The zero-order valence-corrected chi connectivity index (χ0v) is 9.30. The van der Waals surface area contributed by atoms with Crippen molar-refractivity contribution in [3.63, 3.8) is 0 Å². The number of nitrogens with one attached hydrogen (secondary N) is 1. The third-order valence-electron chi connectivity index (χ3n) is 2.15. The van der Waals surface area contributed by atoms with Crippen molar-refractivity contribution in [3.05, 3.63) is 42.7 Å². The fourth-order valence-corrected chi connectivity index (χ4v) is 1.32. The first-order chi connectivity index (χ1) is 8.13. The maximum absolute atomic E-state index is 11.6. The zero-order valence-electron chi connectivity index (χ0n) is 9.30. The third-order valence-corrected chi connectivity index (χ3v) is 2.15. The van der Waals surface area contributed by atoms with Gasteiger partial charge in [-0.25, -0.2) is 4.79 Å². The van der Waals surface area contributed by atoms with Crippen molar-refractivity contribution in [2.45, 2.75) is 18.9 Å². The van der Waals surface area contributed by atoms with Crippen LogP contribution in [0.25, 0.3) is 0 Å². The predicted molar refractivity (Wildman–Crippen MR) is 62.3 cm³/mol. The predicted octanol–water partition coefficient (Wildman–Crippen LogP) is 0.770. The van der Waals surface area contributed by atoms with E-state index in [1.165, 1.54) is 6.08 Å². The number of nitrogens with zero attached hydrogens (tertiary/aromatic N) is 1. The SMILES string of the molecule is C=CCC(NC(=O)Cc1ccncc1)C(=O)O. The van der Waals surface area contributed by atoms with Crippen LogP contribution in [0.2, 0.25) is 0 Å². The van der Waals surface area contributed by atoms with Crippen LogP contribution in [-0.4, -0.2) is 28.0 Å². The molecular formula is C12H14N2O3. The van der Waals surface area contributed by atoms with Gasteiger partial charge in [0.05, 0.1) is 6.42 Å². The molecule has 90 valence electrons. The lowest BCUT2D eigenvalue weighted by molar-refractivity contribution is -0.141. The van der Waals surface area contributed by atoms with Gasteiger partial charge < -0.3 is 10.4 Å². The molecule has 0 saturated heterocycles. The molecule has 0 aromatic carbocycles. The Morgan fingerprint density at radius 1 is 1.47 bits per heavy atom. The Bertz CT molecular complexity index is 403. The van der Waals surface area contributed by atoms with Gasteiger partial charge in [-0.15, -0.1) is 6.58 Å². The van der Waals surface area contributed by atoms with Gasteiger partial charge in [0.2, 0.25) is 5.91 Å². The minimum absolute atomic E-state index is 0.142. The monoisotopic (exact) mass is 234 g/mol. The van der Waals surface area contributed by atoms with Gasteiger partial charge in [0.25, 0.3) is 0 Å². The summed E-state index contributed by atoms with van der Waals surface area (Å²) in [5, 5.41) is 11.3. The van der Waals surface area contributed by atoms with E-state index >= 15 is 0 Å². The second-order valence-corrected chi connectivity index (χ2v) is 3.51. The van der Waals surface area contributed by atoms with Crippen LogP contribution in [0.15, 0.2) is 37.2 Å². The van der Waals surface area contributed by atoms with Crippen LogP contribution in [-0.2, 0) is 16.0 Å². The normalized spacial score (nSPS) is 11.5. The molecule has 1 heterocycles. The topological polar surface area (TPSA) is 79.3 Å². The zero-order chi connectivity index (χ0) is 12.7. The highest BCUT2D eigenvalue weighted by molar-refractivity contribution is 5.84.